The Morgan fingerprint density at radius 2 is 2.35 bits per heavy atom. The van der Waals surface area contributed by atoms with E-state index in [-0.39, 0.29) is 12.1 Å². The summed E-state index contributed by atoms with van der Waals surface area (Å²) in [5.74, 6) is 7.56. The van der Waals surface area contributed by atoms with Crippen molar-refractivity contribution in [2.75, 3.05) is 5.75 Å². The maximum absolute atomic E-state index is 6.08. The van der Waals surface area contributed by atoms with Crippen LogP contribution in [0.15, 0.2) is 34.5 Å². The second-order valence-corrected chi connectivity index (χ2v) is 6.78. The quantitative estimate of drug-likeness (QED) is 0.671. The number of para-hydroxylation sites is 1. The Labute approximate surface area is 126 Å². The largest absolute Gasteiger partial charge is 0.487 e. The van der Waals surface area contributed by atoms with Gasteiger partial charge in [0.2, 0.25) is 0 Å². The molecule has 0 amide bonds. The minimum absolute atomic E-state index is 0.0594. The van der Waals surface area contributed by atoms with Crippen LogP contribution in [0.5, 0.6) is 5.75 Å². The first-order valence-electron chi connectivity index (χ1n) is 6.52. The number of aromatic nitrogens is 1. The zero-order valence-corrected chi connectivity index (χ0v) is 12.8. The van der Waals surface area contributed by atoms with Crippen molar-refractivity contribution in [3.8, 4) is 5.75 Å². The predicted molar refractivity (Wildman–Crippen MR) is 83.2 cm³/mol. The molecule has 20 heavy (non-hydrogen) atoms. The highest BCUT2D eigenvalue weighted by Gasteiger charge is 2.28. The fourth-order valence-electron chi connectivity index (χ4n) is 2.22. The topological polar surface area (TPSA) is 60.2 Å². The molecule has 3 rings (SSSR count). The highest BCUT2D eigenvalue weighted by molar-refractivity contribution is 7.99. The first kappa shape index (κ1) is 13.9. The van der Waals surface area contributed by atoms with Gasteiger partial charge in [-0.15, -0.1) is 23.1 Å². The molecular formula is C14H17N3OS2. The third-order valence-electron chi connectivity index (χ3n) is 3.25. The van der Waals surface area contributed by atoms with Crippen molar-refractivity contribution in [3.63, 3.8) is 0 Å². The number of benzene rings is 1. The number of thioether (sulfide) groups is 1. The third-order valence-corrected chi connectivity index (χ3v) is 5.39. The van der Waals surface area contributed by atoms with Gasteiger partial charge in [-0.25, -0.2) is 4.98 Å². The van der Waals surface area contributed by atoms with Crippen molar-refractivity contribution in [1.82, 2.24) is 10.4 Å². The number of hydrogen-bond acceptors (Lipinski definition) is 6. The van der Waals surface area contributed by atoms with Crippen LogP contribution in [0.1, 0.15) is 10.7 Å². The number of nitrogens with one attached hydrogen (secondary N) is 1. The van der Waals surface area contributed by atoms with Gasteiger partial charge < -0.3 is 4.74 Å². The molecule has 2 aromatic rings. The number of hydrogen-bond donors (Lipinski definition) is 2. The van der Waals surface area contributed by atoms with Gasteiger partial charge in [-0.1, -0.05) is 12.1 Å². The third kappa shape index (κ3) is 2.98. The normalized spacial score (nSPS) is 19.2. The van der Waals surface area contributed by atoms with E-state index < -0.39 is 0 Å². The molecule has 0 bridgehead atoms. The van der Waals surface area contributed by atoms with E-state index >= 15 is 0 Å². The molecule has 3 N–H and O–H groups in total. The molecule has 0 radical (unpaired) electrons. The Morgan fingerprint density at radius 1 is 1.50 bits per heavy atom. The van der Waals surface area contributed by atoms with Gasteiger partial charge in [-0.2, -0.15) is 0 Å². The lowest BCUT2D eigenvalue weighted by atomic mass is 10.1. The van der Waals surface area contributed by atoms with Crippen molar-refractivity contribution in [2.24, 2.45) is 5.84 Å². The fraction of sp³-hybridized carbons (Fsp3) is 0.357. The first-order valence-corrected chi connectivity index (χ1v) is 8.38. The lowest BCUT2D eigenvalue weighted by Crippen LogP contribution is -2.50. The Morgan fingerprint density at radius 3 is 3.10 bits per heavy atom. The summed E-state index contributed by atoms with van der Waals surface area (Å²) in [4.78, 5) is 5.70. The molecule has 2 atom stereocenters. The summed E-state index contributed by atoms with van der Waals surface area (Å²) >= 11 is 3.49. The summed E-state index contributed by atoms with van der Waals surface area (Å²) in [5, 5.41) is 3.16. The van der Waals surface area contributed by atoms with Crippen molar-refractivity contribution in [2.45, 2.75) is 30.4 Å². The first-order chi connectivity index (χ1) is 9.76. The van der Waals surface area contributed by atoms with Gasteiger partial charge in [0, 0.05) is 28.1 Å². The lowest BCUT2D eigenvalue weighted by molar-refractivity contribution is 0.165. The summed E-state index contributed by atoms with van der Waals surface area (Å²) in [7, 11) is 0. The van der Waals surface area contributed by atoms with Crippen molar-refractivity contribution in [3.05, 3.63) is 40.3 Å². The second kappa shape index (κ2) is 6.13. The van der Waals surface area contributed by atoms with E-state index in [9.17, 15) is 0 Å². The van der Waals surface area contributed by atoms with Gasteiger partial charge in [0.15, 0.2) is 0 Å². The van der Waals surface area contributed by atoms with Crippen LogP contribution in [-0.4, -0.2) is 22.9 Å². The van der Waals surface area contributed by atoms with Crippen LogP contribution < -0.4 is 16.0 Å². The highest BCUT2D eigenvalue weighted by atomic mass is 32.2. The van der Waals surface area contributed by atoms with Crippen LogP contribution in [-0.2, 0) is 6.42 Å². The van der Waals surface area contributed by atoms with Crippen LogP contribution in [0.25, 0.3) is 0 Å². The summed E-state index contributed by atoms with van der Waals surface area (Å²) < 4.78 is 6.08. The van der Waals surface area contributed by atoms with Gasteiger partial charge in [-0.05, 0) is 19.1 Å². The second-order valence-electron chi connectivity index (χ2n) is 4.77. The van der Waals surface area contributed by atoms with Crippen LogP contribution in [0.4, 0.5) is 0 Å². The number of fused-ring (bicyclic) bond motifs is 1. The fourth-order valence-corrected chi connectivity index (χ4v) is 4.13. The number of nitrogens with zero attached hydrogens (tertiary/aromatic N) is 1. The van der Waals surface area contributed by atoms with Crippen LogP contribution in [0.3, 0.4) is 0 Å². The Kier molecular flexibility index (Phi) is 4.26. The standard InChI is InChI=1S/C14H17N3OS2/c1-9-7-20-14(16-9)6-10(17-15)12-8-19-13-5-3-2-4-11(13)18-12/h2-5,7,10,12,17H,6,8,15H2,1H3. The number of nitrogens with two attached hydrogens (primary N) is 1. The molecule has 2 unspecified atom stereocenters. The minimum Gasteiger partial charge on any atom is -0.487 e. The molecule has 106 valence electrons. The molecule has 0 saturated carbocycles. The predicted octanol–water partition coefficient (Wildman–Crippen LogP) is 2.38. The molecule has 1 aliphatic rings. The van der Waals surface area contributed by atoms with Gasteiger partial charge in [0.25, 0.3) is 0 Å². The van der Waals surface area contributed by atoms with Gasteiger partial charge >= 0.3 is 0 Å². The van der Waals surface area contributed by atoms with E-state index in [0.717, 1.165) is 28.6 Å². The van der Waals surface area contributed by atoms with Crippen LogP contribution in [0, 0.1) is 6.92 Å². The van der Waals surface area contributed by atoms with E-state index in [4.69, 9.17) is 10.6 Å². The van der Waals surface area contributed by atoms with Gasteiger partial charge in [0.05, 0.1) is 11.0 Å². The van der Waals surface area contributed by atoms with Crippen molar-refractivity contribution < 1.29 is 4.74 Å². The Hall–Kier alpha value is -1.08. The number of ether oxygens (including phenoxy) is 1. The monoisotopic (exact) mass is 307 g/mol. The maximum atomic E-state index is 6.08. The van der Waals surface area contributed by atoms with Crippen molar-refractivity contribution >= 4 is 23.1 Å². The van der Waals surface area contributed by atoms with E-state index in [1.54, 1.807) is 11.3 Å². The van der Waals surface area contributed by atoms with E-state index in [1.165, 1.54) is 4.90 Å². The summed E-state index contributed by atoms with van der Waals surface area (Å²) in [6, 6.07) is 8.20. The number of aryl methyl sites for hydroxylation is 1. The molecule has 1 aromatic carbocycles. The molecule has 1 aromatic heterocycles. The molecule has 0 aliphatic carbocycles. The number of thiazole rings is 1. The summed E-state index contributed by atoms with van der Waals surface area (Å²) in [5.41, 5.74) is 3.95. The SMILES string of the molecule is Cc1csc(CC(NN)C2CSc3ccccc3O2)n1. The lowest BCUT2D eigenvalue weighted by Gasteiger charge is -2.31. The molecule has 0 spiro atoms. The zero-order chi connectivity index (χ0) is 13.9. The maximum Gasteiger partial charge on any atom is 0.133 e. The number of rotatable bonds is 4. The molecule has 4 nitrogen and oxygen atoms in total. The van der Waals surface area contributed by atoms with Gasteiger partial charge in [0.1, 0.15) is 11.9 Å². The molecular weight excluding hydrogens is 290 g/mol. The molecule has 0 fully saturated rings. The average molecular weight is 307 g/mol. The number of hydrazine groups is 1. The molecule has 2 heterocycles. The van der Waals surface area contributed by atoms with E-state index in [1.807, 2.05) is 36.9 Å². The zero-order valence-electron chi connectivity index (χ0n) is 11.2. The van der Waals surface area contributed by atoms with Gasteiger partial charge in [-0.3, -0.25) is 11.3 Å². The molecule has 1 aliphatic heterocycles. The Bertz CT molecular complexity index is 587. The van der Waals surface area contributed by atoms with Crippen LogP contribution in [0.2, 0.25) is 0 Å². The molecule has 6 heteroatoms. The summed E-state index contributed by atoms with van der Waals surface area (Å²) in [6.45, 7) is 2.01. The van der Waals surface area contributed by atoms with Crippen molar-refractivity contribution in [1.29, 1.82) is 0 Å². The van der Waals surface area contributed by atoms with E-state index in [2.05, 4.69) is 21.9 Å². The highest BCUT2D eigenvalue weighted by Crippen LogP contribution is 2.36. The average Bonchev–Trinajstić information content (AvgIpc) is 2.89. The molecule has 0 saturated heterocycles. The Balaban J connectivity index is 1.71. The summed E-state index contributed by atoms with van der Waals surface area (Å²) in [6.07, 6.45) is 0.853. The smallest absolute Gasteiger partial charge is 0.133 e. The minimum atomic E-state index is 0.0594. The van der Waals surface area contributed by atoms with E-state index in [0.29, 0.717) is 0 Å². The van der Waals surface area contributed by atoms with Crippen LogP contribution >= 0.6 is 23.1 Å².